The van der Waals surface area contributed by atoms with E-state index >= 15 is 0 Å². The van der Waals surface area contributed by atoms with Crippen molar-refractivity contribution < 1.29 is 4.74 Å². The highest BCUT2D eigenvalue weighted by Gasteiger charge is 2.22. The standard InChI is InChI=1S/C18H29NO/c1-4-15-6-8-17(9-7-15)18(5-2)19-14(3)16-10-12-20-13-11-16/h6-9,14,16,18-19H,4-5,10-13H2,1-3H3. The van der Waals surface area contributed by atoms with Crippen molar-refractivity contribution in [3.63, 3.8) is 0 Å². The van der Waals surface area contributed by atoms with Gasteiger partial charge in [0.1, 0.15) is 0 Å². The Labute approximate surface area is 123 Å². The third kappa shape index (κ3) is 4.07. The lowest BCUT2D eigenvalue weighted by Crippen LogP contribution is -2.38. The van der Waals surface area contributed by atoms with Crippen molar-refractivity contribution in [3.05, 3.63) is 35.4 Å². The SMILES string of the molecule is CCc1ccc(C(CC)NC(C)C2CCOCC2)cc1. The fraction of sp³-hybridized carbons (Fsp3) is 0.667. The third-order valence-corrected chi connectivity index (χ3v) is 4.64. The van der Waals surface area contributed by atoms with E-state index < -0.39 is 0 Å². The van der Waals surface area contributed by atoms with Crippen LogP contribution in [-0.4, -0.2) is 19.3 Å². The maximum Gasteiger partial charge on any atom is 0.0469 e. The lowest BCUT2D eigenvalue weighted by atomic mass is 9.91. The Morgan fingerprint density at radius 2 is 1.80 bits per heavy atom. The molecule has 2 rings (SSSR count). The number of rotatable bonds is 6. The van der Waals surface area contributed by atoms with E-state index in [-0.39, 0.29) is 0 Å². The smallest absolute Gasteiger partial charge is 0.0469 e. The van der Waals surface area contributed by atoms with Crippen LogP contribution in [0.15, 0.2) is 24.3 Å². The van der Waals surface area contributed by atoms with Gasteiger partial charge in [-0.15, -0.1) is 0 Å². The minimum Gasteiger partial charge on any atom is -0.381 e. The van der Waals surface area contributed by atoms with Crippen LogP contribution >= 0.6 is 0 Å². The summed E-state index contributed by atoms with van der Waals surface area (Å²) in [6, 6.07) is 10.1. The predicted molar refractivity (Wildman–Crippen MR) is 85.0 cm³/mol. The lowest BCUT2D eigenvalue weighted by molar-refractivity contribution is 0.0543. The zero-order chi connectivity index (χ0) is 14.4. The van der Waals surface area contributed by atoms with Gasteiger partial charge in [-0.1, -0.05) is 38.1 Å². The normalized spacial score (nSPS) is 19.8. The Bertz CT molecular complexity index is 381. The predicted octanol–water partition coefficient (Wildman–Crippen LogP) is 4.10. The second-order valence-corrected chi connectivity index (χ2v) is 5.96. The average Bonchev–Trinajstić information content (AvgIpc) is 2.53. The average molecular weight is 275 g/mol. The number of hydrogen-bond acceptors (Lipinski definition) is 2. The molecule has 2 unspecified atom stereocenters. The summed E-state index contributed by atoms with van der Waals surface area (Å²) >= 11 is 0. The summed E-state index contributed by atoms with van der Waals surface area (Å²) < 4.78 is 5.46. The van der Waals surface area contributed by atoms with Crippen LogP contribution < -0.4 is 5.32 Å². The van der Waals surface area contributed by atoms with Crippen molar-refractivity contribution >= 4 is 0 Å². The Morgan fingerprint density at radius 1 is 1.15 bits per heavy atom. The Morgan fingerprint density at radius 3 is 2.35 bits per heavy atom. The molecule has 0 aromatic heterocycles. The minimum absolute atomic E-state index is 0.471. The fourth-order valence-electron chi connectivity index (χ4n) is 3.10. The van der Waals surface area contributed by atoms with E-state index in [1.807, 2.05) is 0 Å². The highest BCUT2D eigenvalue weighted by molar-refractivity contribution is 5.25. The largest absolute Gasteiger partial charge is 0.381 e. The zero-order valence-corrected chi connectivity index (χ0v) is 13.2. The zero-order valence-electron chi connectivity index (χ0n) is 13.2. The molecule has 20 heavy (non-hydrogen) atoms. The van der Waals surface area contributed by atoms with Gasteiger partial charge in [-0.2, -0.15) is 0 Å². The van der Waals surface area contributed by atoms with E-state index in [2.05, 4.69) is 50.4 Å². The molecule has 1 fully saturated rings. The van der Waals surface area contributed by atoms with Gasteiger partial charge in [-0.05, 0) is 49.7 Å². The van der Waals surface area contributed by atoms with E-state index in [0.29, 0.717) is 12.1 Å². The lowest BCUT2D eigenvalue weighted by Gasteiger charge is -2.31. The molecule has 0 aliphatic carbocycles. The first kappa shape index (κ1) is 15.5. The molecule has 1 aromatic rings. The van der Waals surface area contributed by atoms with Crippen LogP contribution in [0, 0.1) is 5.92 Å². The maximum atomic E-state index is 5.46. The first-order chi connectivity index (χ1) is 9.74. The van der Waals surface area contributed by atoms with Crippen molar-refractivity contribution in [3.8, 4) is 0 Å². The molecule has 0 spiro atoms. The molecule has 2 nitrogen and oxygen atoms in total. The van der Waals surface area contributed by atoms with Crippen LogP contribution in [-0.2, 0) is 11.2 Å². The summed E-state index contributed by atoms with van der Waals surface area (Å²) in [4.78, 5) is 0. The summed E-state index contributed by atoms with van der Waals surface area (Å²) in [6.07, 6.45) is 4.64. The number of benzene rings is 1. The molecule has 0 amide bonds. The van der Waals surface area contributed by atoms with Crippen molar-refractivity contribution in [2.24, 2.45) is 5.92 Å². The molecule has 1 aromatic carbocycles. The van der Waals surface area contributed by atoms with Gasteiger partial charge in [0.25, 0.3) is 0 Å². The van der Waals surface area contributed by atoms with Gasteiger partial charge in [-0.25, -0.2) is 0 Å². The van der Waals surface area contributed by atoms with Gasteiger partial charge in [0.15, 0.2) is 0 Å². The molecule has 112 valence electrons. The number of ether oxygens (including phenoxy) is 1. The van der Waals surface area contributed by atoms with Gasteiger partial charge in [0.05, 0.1) is 0 Å². The van der Waals surface area contributed by atoms with Crippen molar-refractivity contribution in [2.75, 3.05) is 13.2 Å². The second kappa shape index (κ2) is 7.80. The van der Waals surface area contributed by atoms with Crippen LogP contribution in [0.2, 0.25) is 0 Å². The summed E-state index contributed by atoms with van der Waals surface area (Å²) in [7, 11) is 0. The summed E-state index contributed by atoms with van der Waals surface area (Å²) in [6.45, 7) is 8.66. The monoisotopic (exact) mass is 275 g/mol. The van der Waals surface area contributed by atoms with Crippen molar-refractivity contribution in [1.29, 1.82) is 0 Å². The molecule has 0 saturated carbocycles. The molecule has 0 bridgehead atoms. The second-order valence-electron chi connectivity index (χ2n) is 5.96. The quantitative estimate of drug-likeness (QED) is 0.843. The van der Waals surface area contributed by atoms with Gasteiger partial charge < -0.3 is 10.1 Å². The van der Waals surface area contributed by atoms with Crippen LogP contribution in [0.3, 0.4) is 0 Å². The third-order valence-electron chi connectivity index (χ3n) is 4.64. The van der Waals surface area contributed by atoms with Gasteiger partial charge in [0.2, 0.25) is 0 Å². The topological polar surface area (TPSA) is 21.3 Å². The van der Waals surface area contributed by atoms with E-state index in [4.69, 9.17) is 4.74 Å². The highest BCUT2D eigenvalue weighted by atomic mass is 16.5. The van der Waals surface area contributed by atoms with Gasteiger partial charge >= 0.3 is 0 Å². The Kier molecular flexibility index (Phi) is 6.06. The Hall–Kier alpha value is -0.860. The maximum absolute atomic E-state index is 5.46. The molecule has 1 saturated heterocycles. The molecule has 0 radical (unpaired) electrons. The van der Waals surface area contributed by atoms with Crippen LogP contribution in [0.25, 0.3) is 0 Å². The number of nitrogens with one attached hydrogen (secondary N) is 1. The Balaban J connectivity index is 1.96. The summed E-state index contributed by atoms with van der Waals surface area (Å²) in [5.74, 6) is 0.757. The molecule has 2 heteroatoms. The molecular formula is C18H29NO. The van der Waals surface area contributed by atoms with Crippen LogP contribution in [0.1, 0.15) is 57.2 Å². The molecule has 1 heterocycles. The molecule has 1 aliphatic rings. The highest BCUT2D eigenvalue weighted by Crippen LogP contribution is 2.23. The minimum atomic E-state index is 0.471. The first-order valence-electron chi connectivity index (χ1n) is 8.17. The first-order valence-corrected chi connectivity index (χ1v) is 8.17. The number of hydrogen-bond donors (Lipinski definition) is 1. The van der Waals surface area contributed by atoms with Crippen molar-refractivity contribution in [2.45, 2.75) is 58.5 Å². The van der Waals surface area contributed by atoms with E-state index in [9.17, 15) is 0 Å². The van der Waals surface area contributed by atoms with Crippen molar-refractivity contribution in [1.82, 2.24) is 5.32 Å². The molecular weight excluding hydrogens is 246 g/mol. The van der Waals surface area contributed by atoms with E-state index in [1.165, 1.54) is 24.0 Å². The molecule has 1 N–H and O–H groups in total. The van der Waals surface area contributed by atoms with Gasteiger partial charge in [0, 0.05) is 25.3 Å². The van der Waals surface area contributed by atoms with E-state index in [1.54, 1.807) is 0 Å². The van der Waals surface area contributed by atoms with Crippen LogP contribution in [0.5, 0.6) is 0 Å². The van der Waals surface area contributed by atoms with Crippen LogP contribution in [0.4, 0.5) is 0 Å². The summed E-state index contributed by atoms with van der Waals surface area (Å²) in [5.41, 5.74) is 2.84. The summed E-state index contributed by atoms with van der Waals surface area (Å²) in [5, 5.41) is 3.83. The fourth-order valence-corrected chi connectivity index (χ4v) is 3.10. The molecule has 1 aliphatic heterocycles. The molecule has 2 atom stereocenters. The number of aryl methyl sites for hydroxylation is 1. The van der Waals surface area contributed by atoms with Gasteiger partial charge in [-0.3, -0.25) is 0 Å². The van der Waals surface area contributed by atoms with E-state index in [0.717, 1.165) is 32.0 Å².